The first-order valence-electron chi connectivity index (χ1n) is 5.66. The van der Waals surface area contributed by atoms with Crippen molar-refractivity contribution < 1.29 is 4.74 Å². The van der Waals surface area contributed by atoms with Gasteiger partial charge >= 0.3 is 0 Å². The largest absolute Gasteiger partial charge is 0.374 e. The van der Waals surface area contributed by atoms with Crippen LogP contribution in [0.15, 0.2) is 24.4 Å². The van der Waals surface area contributed by atoms with Crippen LogP contribution in [-0.2, 0) is 11.3 Å². The number of hydrogen-bond donors (Lipinski definition) is 1. The maximum Gasteiger partial charge on any atom is 0.0888 e. The minimum absolute atomic E-state index is 0. The summed E-state index contributed by atoms with van der Waals surface area (Å²) in [5.74, 6) is 0. The Hall–Kier alpha value is -0.640. The molecule has 1 N–H and O–H groups in total. The van der Waals surface area contributed by atoms with Crippen LogP contribution >= 0.6 is 12.4 Å². The molecule has 2 heterocycles. The van der Waals surface area contributed by atoms with Gasteiger partial charge in [0.2, 0.25) is 0 Å². The molecule has 1 aromatic heterocycles. The molecular weight excluding hydrogens is 224 g/mol. The Labute approximate surface area is 103 Å². The standard InChI is InChI=1S/C12H18N2O.ClH/c1-3-7-13-11(5-1)9-15-10-12-6-2-4-8-14-12;/h1,3,5,7,12,14H,2,4,6,8-10H2;1H. The molecule has 0 amide bonds. The minimum atomic E-state index is 0. The van der Waals surface area contributed by atoms with Crippen LogP contribution in [0.1, 0.15) is 25.0 Å². The van der Waals surface area contributed by atoms with E-state index in [9.17, 15) is 0 Å². The van der Waals surface area contributed by atoms with Gasteiger partial charge in [0, 0.05) is 12.2 Å². The summed E-state index contributed by atoms with van der Waals surface area (Å²) in [6.45, 7) is 2.56. The first-order valence-corrected chi connectivity index (χ1v) is 5.66. The Morgan fingerprint density at radius 3 is 3.00 bits per heavy atom. The fraction of sp³-hybridized carbons (Fsp3) is 0.583. The van der Waals surface area contributed by atoms with Crippen LogP contribution < -0.4 is 5.32 Å². The molecule has 1 aromatic rings. The van der Waals surface area contributed by atoms with Crippen LogP contribution in [0.3, 0.4) is 0 Å². The fourth-order valence-corrected chi connectivity index (χ4v) is 1.86. The van der Waals surface area contributed by atoms with Crippen LogP contribution in [0, 0.1) is 0 Å². The second-order valence-electron chi connectivity index (χ2n) is 3.98. The first kappa shape index (κ1) is 13.4. The van der Waals surface area contributed by atoms with E-state index in [1.54, 1.807) is 6.20 Å². The van der Waals surface area contributed by atoms with Gasteiger partial charge in [0.15, 0.2) is 0 Å². The summed E-state index contributed by atoms with van der Waals surface area (Å²) in [6.07, 6.45) is 5.67. The van der Waals surface area contributed by atoms with Crippen molar-refractivity contribution in [3.05, 3.63) is 30.1 Å². The number of piperidine rings is 1. The lowest BCUT2D eigenvalue weighted by atomic mass is 10.1. The highest BCUT2D eigenvalue weighted by atomic mass is 35.5. The molecule has 1 fully saturated rings. The monoisotopic (exact) mass is 242 g/mol. The Morgan fingerprint density at radius 1 is 1.38 bits per heavy atom. The Balaban J connectivity index is 0.00000128. The molecule has 0 radical (unpaired) electrons. The van der Waals surface area contributed by atoms with Gasteiger partial charge in [-0.2, -0.15) is 0 Å². The number of rotatable bonds is 4. The number of pyridine rings is 1. The van der Waals surface area contributed by atoms with Gasteiger partial charge in [-0.15, -0.1) is 12.4 Å². The third-order valence-electron chi connectivity index (χ3n) is 2.71. The number of ether oxygens (including phenoxy) is 1. The summed E-state index contributed by atoms with van der Waals surface area (Å²) < 4.78 is 5.63. The summed E-state index contributed by atoms with van der Waals surface area (Å²) >= 11 is 0. The Kier molecular flexibility index (Phi) is 6.38. The molecule has 0 aliphatic carbocycles. The summed E-state index contributed by atoms with van der Waals surface area (Å²) in [7, 11) is 0. The normalized spacial score (nSPS) is 20.1. The van der Waals surface area contributed by atoms with E-state index in [0.717, 1.165) is 18.8 Å². The Bertz CT molecular complexity index is 276. The minimum Gasteiger partial charge on any atom is -0.374 e. The molecule has 0 saturated carbocycles. The molecule has 90 valence electrons. The van der Waals surface area contributed by atoms with Crippen molar-refractivity contribution in [3.63, 3.8) is 0 Å². The second-order valence-corrected chi connectivity index (χ2v) is 3.98. The molecule has 16 heavy (non-hydrogen) atoms. The van der Waals surface area contributed by atoms with Crippen molar-refractivity contribution in [2.75, 3.05) is 13.2 Å². The van der Waals surface area contributed by atoms with Gasteiger partial charge < -0.3 is 10.1 Å². The quantitative estimate of drug-likeness (QED) is 0.879. The van der Waals surface area contributed by atoms with E-state index in [1.165, 1.54) is 19.3 Å². The van der Waals surface area contributed by atoms with Crippen molar-refractivity contribution in [3.8, 4) is 0 Å². The van der Waals surface area contributed by atoms with Crippen molar-refractivity contribution >= 4 is 12.4 Å². The summed E-state index contributed by atoms with van der Waals surface area (Å²) in [5.41, 5.74) is 1.01. The number of hydrogen-bond acceptors (Lipinski definition) is 3. The highest BCUT2D eigenvalue weighted by Gasteiger charge is 2.11. The van der Waals surface area contributed by atoms with Gasteiger partial charge in [-0.25, -0.2) is 0 Å². The van der Waals surface area contributed by atoms with Crippen molar-refractivity contribution in [1.29, 1.82) is 0 Å². The van der Waals surface area contributed by atoms with E-state index < -0.39 is 0 Å². The van der Waals surface area contributed by atoms with Crippen LogP contribution in [0.25, 0.3) is 0 Å². The first-order chi connectivity index (χ1) is 7.45. The number of nitrogens with zero attached hydrogens (tertiary/aromatic N) is 1. The molecule has 0 aromatic carbocycles. The van der Waals surface area contributed by atoms with Crippen LogP contribution in [0.5, 0.6) is 0 Å². The number of halogens is 1. The predicted octanol–water partition coefficient (Wildman–Crippen LogP) is 2.16. The summed E-state index contributed by atoms with van der Waals surface area (Å²) in [5, 5.41) is 3.46. The molecule has 1 aliphatic rings. The fourth-order valence-electron chi connectivity index (χ4n) is 1.86. The Morgan fingerprint density at radius 2 is 2.31 bits per heavy atom. The van der Waals surface area contributed by atoms with Crippen molar-refractivity contribution in [1.82, 2.24) is 10.3 Å². The number of aromatic nitrogens is 1. The third-order valence-corrected chi connectivity index (χ3v) is 2.71. The molecule has 2 rings (SSSR count). The van der Waals surface area contributed by atoms with Gasteiger partial charge in [0.1, 0.15) is 0 Å². The van der Waals surface area contributed by atoms with E-state index in [0.29, 0.717) is 12.6 Å². The maximum absolute atomic E-state index is 5.63. The third kappa shape index (κ3) is 4.47. The van der Waals surface area contributed by atoms with Crippen LogP contribution in [-0.4, -0.2) is 24.2 Å². The van der Waals surface area contributed by atoms with E-state index in [-0.39, 0.29) is 12.4 Å². The molecule has 0 spiro atoms. The van der Waals surface area contributed by atoms with Crippen molar-refractivity contribution in [2.24, 2.45) is 0 Å². The van der Waals surface area contributed by atoms with Crippen LogP contribution in [0.4, 0.5) is 0 Å². The van der Waals surface area contributed by atoms with Gasteiger partial charge in [-0.1, -0.05) is 12.5 Å². The van der Waals surface area contributed by atoms with E-state index in [1.807, 2.05) is 18.2 Å². The number of nitrogens with one attached hydrogen (secondary N) is 1. The summed E-state index contributed by atoms with van der Waals surface area (Å²) in [6, 6.07) is 6.45. The molecule has 1 unspecified atom stereocenters. The average Bonchev–Trinajstić information content (AvgIpc) is 2.32. The highest BCUT2D eigenvalue weighted by Crippen LogP contribution is 2.07. The highest BCUT2D eigenvalue weighted by molar-refractivity contribution is 5.85. The van der Waals surface area contributed by atoms with Gasteiger partial charge in [-0.3, -0.25) is 4.98 Å². The zero-order valence-electron chi connectivity index (χ0n) is 9.39. The molecule has 1 aliphatic heterocycles. The van der Waals surface area contributed by atoms with Gasteiger partial charge in [0.05, 0.1) is 18.9 Å². The zero-order chi connectivity index (χ0) is 10.3. The lowest BCUT2D eigenvalue weighted by Gasteiger charge is -2.23. The predicted molar refractivity (Wildman–Crippen MR) is 66.8 cm³/mol. The molecule has 3 nitrogen and oxygen atoms in total. The van der Waals surface area contributed by atoms with E-state index in [4.69, 9.17) is 4.74 Å². The topological polar surface area (TPSA) is 34.1 Å². The smallest absolute Gasteiger partial charge is 0.0888 e. The van der Waals surface area contributed by atoms with E-state index in [2.05, 4.69) is 10.3 Å². The zero-order valence-corrected chi connectivity index (χ0v) is 10.2. The maximum atomic E-state index is 5.63. The SMILES string of the molecule is Cl.c1ccc(COCC2CCCCN2)nc1. The van der Waals surface area contributed by atoms with Crippen molar-refractivity contribution in [2.45, 2.75) is 31.9 Å². The van der Waals surface area contributed by atoms with Gasteiger partial charge in [-0.05, 0) is 31.5 Å². The van der Waals surface area contributed by atoms with Crippen LogP contribution in [0.2, 0.25) is 0 Å². The summed E-state index contributed by atoms with van der Waals surface area (Å²) in [4.78, 5) is 4.22. The molecule has 1 atom stereocenters. The average molecular weight is 243 g/mol. The molecule has 1 saturated heterocycles. The van der Waals surface area contributed by atoms with E-state index >= 15 is 0 Å². The van der Waals surface area contributed by atoms with Gasteiger partial charge in [0.25, 0.3) is 0 Å². The lowest BCUT2D eigenvalue weighted by molar-refractivity contribution is 0.0890. The second kappa shape index (κ2) is 7.60. The lowest BCUT2D eigenvalue weighted by Crippen LogP contribution is -2.37. The molecule has 4 heteroatoms. The molecular formula is C12H19ClN2O. The molecule has 0 bridgehead atoms.